The summed E-state index contributed by atoms with van der Waals surface area (Å²) in [6.07, 6.45) is 1.98. The molecule has 5 rings (SSSR count). The highest BCUT2D eigenvalue weighted by molar-refractivity contribution is 5.97. The van der Waals surface area contributed by atoms with Crippen LogP contribution in [0, 0.1) is 0 Å². The Morgan fingerprint density at radius 3 is 2.89 bits per heavy atom. The number of aromatic nitrogens is 2. The van der Waals surface area contributed by atoms with Gasteiger partial charge >= 0.3 is 6.09 Å². The molecule has 7 heteroatoms. The highest BCUT2D eigenvalue weighted by atomic mass is 16.6. The van der Waals surface area contributed by atoms with E-state index in [1.165, 1.54) is 0 Å². The van der Waals surface area contributed by atoms with Gasteiger partial charge in [0.05, 0.1) is 17.4 Å². The van der Waals surface area contributed by atoms with Gasteiger partial charge in [-0.1, -0.05) is 30.3 Å². The van der Waals surface area contributed by atoms with Crippen LogP contribution >= 0.6 is 0 Å². The first-order valence-corrected chi connectivity index (χ1v) is 9.35. The van der Waals surface area contributed by atoms with Crippen LogP contribution in [0.25, 0.3) is 11.0 Å². The summed E-state index contributed by atoms with van der Waals surface area (Å²) in [5, 5.41) is 0. The van der Waals surface area contributed by atoms with Gasteiger partial charge in [0, 0.05) is 31.6 Å². The number of hydrogen-bond acceptors (Lipinski definition) is 4. The number of cyclic esters (lactones) is 1. The third-order valence-corrected chi connectivity index (χ3v) is 5.67. The van der Waals surface area contributed by atoms with Crippen LogP contribution < -0.4 is 0 Å². The van der Waals surface area contributed by atoms with Gasteiger partial charge in [0.25, 0.3) is 5.91 Å². The highest BCUT2D eigenvalue weighted by Crippen LogP contribution is 2.33. The van der Waals surface area contributed by atoms with Crippen LogP contribution in [0.3, 0.4) is 0 Å². The Balaban J connectivity index is 1.43. The Labute approximate surface area is 161 Å². The average molecular weight is 376 g/mol. The maximum atomic E-state index is 13.2. The minimum absolute atomic E-state index is 0.0389. The van der Waals surface area contributed by atoms with E-state index in [1.54, 1.807) is 17.3 Å². The van der Waals surface area contributed by atoms with Crippen molar-refractivity contribution < 1.29 is 14.3 Å². The number of nitrogens with zero attached hydrogens (tertiary/aromatic N) is 3. The van der Waals surface area contributed by atoms with Gasteiger partial charge in [-0.25, -0.2) is 9.78 Å². The molecular formula is C21H20N4O3. The molecule has 0 spiro atoms. The molecule has 2 saturated heterocycles. The van der Waals surface area contributed by atoms with Crippen molar-refractivity contribution in [2.75, 3.05) is 26.2 Å². The van der Waals surface area contributed by atoms with Gasteiger partial charge in [-0.05, 0) is 23.8 Å². The fourth-order valence-electron chi connectivity index (χ4n) is 4.26. The Hall–Kier alpha value is -3.35. The average Bonchev–Trinajstić information content (AvgIpc) is 3.32. The number of carbonyl (C=O) groups excluding carboxylic acids is 2. The van der Waals surface area contributed by atoms with Crippen molar-refractivity contribution in [3.8, 4) is 0 Å². The lowest BCUT2D eigenvalue weighted by Crippen LogP contribution is -2.63. The van der Waals surface area contributed by atoms with Crippen molar-refractivity contribution in [1.82, 2.24) is 19.8 Å². The Morgan fingerprint density at radius 1 is 1.18 bits per heavy atom. The second kappa shape index (κ2) is 6.37. The van der Waals surface area contributed by atoms with Crippen molar-refractivity contribution in [2.24, 2.45) is 0 Å². The first-order valence-electron chi connectivity index (χ1n) is 9.35. The number of hydrogen-bond donors (Lipinski definition) is 1. The Bertz CT molecular complexity index is 1050. The summed E-state index contributed by atoms with van der Waals surface area (Å²) in [7, 11) is 0. The molecule has 1 aromatic heterocycles. The molecule has 2 amide bonds. The van der Waals surface area contributed by atoms with Gasteiger partial charge in [-0.15, -0.1) is 0 Å². The molecule has 3 heterocycles. The van der Waals surface area contributed by atoms with Gasteiger partial charge < -0.3 is 14.6 Å². The molecule has 0 radical (unpaired) electrons. The van der Waals surface area contributed by atoms with Crippen molar-refractivity contribution in [3.05, 3.63) is 66.0 Å². The highest BCUT2D eigenvalue weighted by Gasteiger charge is 2.51. The maximum Gasteiger partial charge on any atom is 0.410 e. The van der Waals surface area contributed by atoms with E-state index in [4.69, 9.17) is 4.74 Å². The SMILES string of the molecule is O=C(c1ccc2nc[nH]c2c1)N1CCN2C(=O)OCC2(Cc2ccccc2)C1. The number of nitrogens with one attached hydrogen (secondary N) is 1. The molecule has 1 N–H and O–H groups in total. The van der Waals surface area contributed by atoms with Crippen LogP contribution in [0.4, 0.5) is 4.79 Å². The molecule has 2 aromatic carbocycles. The number of piperazine rings is 1. The van der Waals surface area contributed by atoms with Crippen LogP contribution in [0.1, 0.15) is 15.9 Å². The topological polar surface area (TPSA) is 78.5 Å². The fraction of sp³-hybridized carbons (Fsp3) is 0.286. The third kappa shape index (κ3) is 2.70. The molecule has 2 fully saturated rings. The lowest BCUT2D eigenvalue weighted by Gasteiger charge is -2.44. The lowest BCUT2D eigenvalue weighted by molar-refractivity contribution is 0.0375. The van der Waals surface area contributed by atoms with E-state index in [0.29, 0.717) is 38.2 Å². The third-order valence-electron chi connectivity index (χ3n) is 5.67. The summed E-state index contributed by atoms with van der Waals surface area (Å²) < 4.78 is 5.39. The molecule has 7 nitrogen and oxygen atoms in total. The number of aromatic amines is 1. The number of ether oxygens (including phenoxy) is 1. The van der Waals surface area contributed by atoms with Crippen LogP contribution in [-0.2, 0) is 11.2 Å². The van der Waals surface area contributed by atoms with Crippen molar-refractivity contribution >= 4 is 23.0 Å². The summed E-state index contributed by atoms with van der Waals surface area (Å²) in [6.45, 7) is 1.72. The van der Waals surface area contributed by atoms with E-state index in [0.717, 1.165) is 16.6 Å². The summed E-state index contributed by atoms with van der Waals surface area (Å²) >= 11 is 0. The molecule has 2 aliphatic rings. The first kappa shape index (κ1) is 16.8. The molecule has 0 aliphatic carbocycles. The Kier molecular flexibility index (Phi) is 3.82. The molecule has 3 aromatic rings. The number of rotatable bonds is 3. The van der Waals surface area contributed by atoms with E-state index in [1.807, 2.05) is 47.4 Å². The van der Waals surface area contributed by atoms with E-state index in [9.17, 15) is 9.59 Å². The number of imidazole rings is 1. The predicted molar refractivity (Wildman–Crippen MR) is 103 cm³/mol. The van der Waals surface area contributed by atoms with Crippen LogP contribution in [-0.4, -0.2) is 63.5 Å². The smallest absolute Gasteiger partial charge is 0.410 e. The summed E-state index contributed by atoms with van der Waals surface area (Å²) in [6, 6.07) is 15.5. The van der Waals surface area contributed by atoms with Gasteiger partial charge in [0.1, 0.15) is 12.1 Å². The van der Waals surface area contributed by atoms with Crippen LogP contribution in [0.15, 0.2) is 54.9 Å². The van der Waals surface area contributed by atoms with Gasteiger partial charge in [0.15, 0.2) is 0 Å². The van der Waals surface area contributed by atoms with E-state index in [-0.39, 0.29) is 12.0 Å². The van der Waals surface area contributed by atoms with Crippen LogP contribution in [0.2, 0.25) is 0 Å². The zero-order valence-corrected chi connectivity index (χ0v) is 15.3. The maximum absolute atomic E-state index is 13.2. The van der Waals surface area contributed by atoms with Crippen molar-refractivity contribution in [1.29, 1.82) is 0 Å². The molecule has 1 unspecified atom stereocenters. The summed E-state index contributed by atoms with van der Waals surface area (Å²) in [4.78, 5) is 36.3. The number of carbonyl (C=O) groups is 2. The van der Waals surface area contributed by atoms with Gasteiger partial charge in [-0.3, -0.25) is 9.69 Å². The van der Waals surface area contributed by atoms with Gasteiger partial charge in [-0.2, -0.15) is 0 Å². The number of benzene rings is 2. The molecule has 28 heavy (non-hydrogen) atoms. The van der Waals surface area contributed by atoms with Crippen LogP contribution in [0.5, 0.6) is 0 Å². The van der Waals surface area contributed by atoms with Crippen molar-refractivity contribution in [3.63, 3.8) is 0 Å². The Morgan fingerprint density at radius 2 is 2.04 bits per heavy atom. The summed E-state index contributed by atoms with van der Waals surface area (Å²) in [5.74, 6) is -0.0389. The molecule has 142 valence electrons. The first-order chi connectivity index (χ1) is 13.6. The minimum atomic E-state index is -0.523. The number of fused-ring (bicyclic) bond motifs is 2. The second-order valence-electron chi connectivity index (χ2n) is 7.45. The molecule has 0 saturated carbocycles. The molecular weight excluding hydrogens is 356 g/mol. The number of amides is 2. The minimum Gasteiger partial charge on any atom is -0.447 e. The largest absolute Gasteiger partial charge is 0.447 e. The van der Waals surface area contributed by atoms with E-state index < -0.39 is 5.54 Å². The second-order valence-corrected chi connectivity index (χ2v) is 7.45. The number of H-pyrrole nitrogens is 1. The van der Waals surface area contributed by atoms with Crippen molar-refractivity contribution in [2.45, 2.75) is 12.0 Å². The fourth-order valence-corrected chi connectivity index (χ4v) is 4.26. The monoisotopic (exact) mass is 376 g/mol. The quantitative estimate of drug-likeness (QED) is 0.762. The summed E-state index contributed by atoms with van der Waals surface area (Å²) in [5.41, 5.74) is 2.88. The van der Waals surface area contributed by atoms with E-state index >= 15 is 0 Å². The molecule has 0 bridgehead atoms. The predicted octanol–water partition coefficient (Wildman–Crippen LogP) is 2.45. The molecule has 2 aliphatic heterocycles. The van der Waals surface area contributed by atoms with E-state index in [2.05, 4.69) is 9.97 Å². The normalized spacial score (nSPS) is 21.6. The molecule has 1 atom stereocenters. The van der Waals surface area contributed by atoms with Gasteiger partial charge in [0.2, 0.25) is 0 Å². The zero-order chi connectivity index (χ0) is 19.1. The standard InChI is InChI=1S/C21H20N4O3/c26-19(16-6-7-17-18(10-16)23-14-22-17)24-8-9-25-20(27)28-13-21(25,12-24)11-15-4-2-1-3-5-15/h1-7,10,14H,8-9,11-13H2,(H,22,23). The lowest BCUT2D eigenvalue weighted by atomic mass is 9.88. The zero-order valence-electron chi connectivity index (χ0n) is 15.3.